The normalized spacial score (nSPS) is 19.9. The molecule has 6 heteroatoms. The first kappa shape index (κ1) is 20.6. The monoisotopic (exact) mass is 339 g/mol. The lowest BCUT2D eigenvalue weighted by Gasteiger charge is -2.23. The summed E-state index contributed by atoms with van der Waals surface area (Å²) >= 11 is 0. The molecule has 3 N–H and O–H groups in total. The molecule has 0 aliphatic heterocycles. The minimum Gasteiger partial charge on any atom is -0.364 e. The van der Waals surface area contributed by atoms with Gasteiger partial charge in [-0.1, -0.05) is 25.0 Å². The highest BCUT2D eigenvalue weighted by Crippen LogP contribution is 2.13. The molecule has 0 fully saturated rings. The van der Waals surface area contributed by atoms with Gasteiger partial charge < -0.3 is 20.7 Å². The Kier molecular flexibility index (Phi) is 9.64. The van der Waals surface area contributed by atoms with Gasteiger partial charge in [0.25, 0.3) is 0 Å². The van der Waals surface area contributed by atoms with Crippen molar-refractivity contribution in [2.45, 2.75) is 64.0 Å². The number of hydrogen-bond donors (Lipinski definition) is 3. The molecule has 0 bridgehead atoms. The topological polar surface area (TPSA) is 79.5 Å². The van der Waals surface area contributed by atoms with Crippen molar-refractivity contribution in [2.75, 3.05) is 26.7 Å². The van der Waals surface area contributed by atoms with Crippen LogP contribution in [0, 0.1) is 0 Å². The summed E-state index contributed by atoms with van der Waals surface area (Å²) in [5.41, 5.74) is -0.0184. The maximum atomic E-state index is 11.8. The predicted octanol–water partition coefficient (Wildman–Crippen LogP) is 1.51. The van der Waals surface area contributed by atoms with E-state index < -0.39 is 0 Å². The lowest BCUT2D eigenvalue weighted by Crippen LogP contribution is -2.43. The van der Waals surface area contributed by atoms with Gasteiger partial charge in [-0.25, -0.2) is 0 Å². The summed E-state index contributed by atoms with van der Waals surface area (Å²) in [5.74, 6) is -0.433. The van der Waals surface area contributed by atoms with Gasteiger partial charge in [-0.2, -0.15) is 0 Å². The molecule has 1 aliphatic rings. The average molecular weight is 339 g/mol. The van der Waals surface area contributed by atoms with Gasteiger partial charge in [-0.05, 0) is 46.6 Å². The van der Waals surface area contributed by atoms with Crippen LogP contribution < -0.4 is 16.0 Å². The molecule has 0 radical (unpaired) electrons. The van der Waals surface area contributed by atoms with Gasteiger partial charge in [0, 0.05) is 12.1 Å². The molecule has 138 valence electrons. The fourth-order valence-electron chi connectivity index (χ4n) is 2.38. The van der Waals surface area contributed by atoms with Crippen LogP contribution in [-0.2, 0) is 14.3 Å². The third kappa shape index (κ3) is 9.67. The lowest BCUT2D eigenvalue weighted by atomic mass is 10.0. The Morgan fingerprint density at radius 3 is 2.71 bits per heavy atom. The Hall–Kier alpha value is -1.40. The fourth-order valence-corrected chi connectivity index (χ4v) is 2.38. The van der Waals surface area contributed by atoms with Crippen LogP contribution in [0.25, 0.3) is 0 Å². The zero-order chi connectivity index (χ0) is 17.8. The van der Waals surface area contributed by atoms with Crippen molar-refractivity contribution in [1.82, 2.24) is 16.0 Å². The minimum atomic E-state index is -0.254. The van der Waals surface area contributed by atoms with Crippen LogP contribution in [0.5, 0.6) is 0 Å². The molecular weight excluding hydrogens is 306 g/mol. The maximum Gasteiger partial charge on any atom is 0.246 e. The molecule has 0 heterocycles. The van der Waals surface area contributed by atoms with E-state index in [1.165, 1.54) is 12.8 Å². The zero-order valence-electron chi connectivity index (χ0n) is 15.3. The van der Waals surface area contributed by atoms with Gasteiger partial charge in [0.15, 0.2) is 0 Å². The van der Waals surface area contributed by atoms with Crippen LogP contribution in [0.2, 0.25) is 0 Å². The molecule has 2 amide bonds. The number of carbonyl (C=O) groups is 2. The molecule has 1 aliphatic carbocycles. The van der Waals surface area contributed by atoms with Crippen LogP contribution in [0.15, 0.2) is 12.2 Å². The molecule has 24 heavy (non-hydrogen) atoms. The van der Waals surface area contributed by atoms with Gasteiger partial charge in [-0.15, -0.1) is 0 Å². The number of ether oxygens (including phenoxy) is 1. The number of carbonyl (C=O) groups excluding carboxylic acids is 2. The van der Waals surface area contributed by atoms with Gasteiger partial charge in [0.1, 0.15) is 6.61 Å². The number of hydrogen-bond acceptors (Lipinski definition) is 4. The largest absolute Gasteiger partial charge is 0.364 e. The number of allylic oxidation sites excluding steroid dienone is 1. The highest BCUT2D eigenvalue weighted by molar-refractivity contribution is 5.85. The number of rotatable bonds is 9. The minimum absolute atomic E-state index is 0.00489. The Labute approximate surface area is 145 Å². The first-order valence-corrected chi connectivity index (χ1v) is 8.93. The fraction of sp³-hybridized carbons (Fsp3) is 0.778. The van der Waals surface area contributed by atoms with Crippen LogP contribution in [0.3, 0.4) is 0 Å². The van der Waals surface area contributed by atoms with Crippen molar-refractivity contribution in [1.29, 1.82) is 0 Å². The SMILES string of the molecule is CNC(C)(C)CCNC(=O)CNC(=O)COC1/C=C\CCCCC1. The Balaban J connectivity index is 2.14. The van der Waals surface area contributed by atoms with E-state index in [9.17, 15) is 9.59 Å². The smallest absolute Gasteiger partial charge is 0.246 e. The lowest BCUT2D eigenvalue weighted by molar-refractivity contribution is -0.130. The molecule has 0 spiro atoms. The summed E-state index contributed by atoms with van der Waals surface area (Å²) in [6.07, 6.45) is 10.6. The zero-order valence-corrected chi connectivity index (χ0v) is 15.3. The Morgan fingerprint density at radius 2 is 1.96 bits per heavy atom. The summed E-state index contributed by atoms with van der Waals surface area (Å²) < 4.78 is 5.61. The second kappa shape index (κ2) is 11.2. The van der Waals surface area contributed by atoms with E-state index in [-0.39, 0.29) is 36.6 Å². The van der Waals surface area contributed by atoms with E-state index in [1.54, 1.807) is 0 Å². The second-order valence-electron chi connectivity index (χ2n) is 6.93. The standard InChI is InChI=1S/C18H33N3O3/c1-18(2,19-3)11-12-20-16(22)13-21-17(23)14-24-15-9-7-5-4-6-8-10-15/h7,9,15,19H,4-6,8,10-14H2,1-3H3,(H,20,22)(H,21,23)/b9-7-. The molecule has 1 rings (SSSR count). The molecule has 0 saturated carbocycles. The van der Waals surface area contributed by atoms with E-state index in [2.05, 4.69) is 35.9 Å². The van der Waals surface area contributed by atoms with Crippen molar-refractivity contribution in [3.8, 4) is 0 Å². The molecular formula is C18H33N3O3. The van der Waals surface area contributed by atoms with Gasteiger partial charge in [-0.3, -0.25) is 9.59 Å². The van der Waals surface area contributed by atoms with Crippen molar-refractivity contribution < 1.29 is 14.3 Å². The molecule has 0 saturated heterocycles. The van der Waals surface area contributed by atoms with Crippen molar-refractivity contribution >= 4 is 11.8 Å². The van der Waals surface area contributed by atoms with E-state index in [0.29, 0.717) is 6.54 Å². The quantitative estimate of drug-likeness (QED) is 0.556. The third-order valence-corrected chi connectivity index (χ3v) is 4.33. The van der Waals surface area contributed by atoms with E-state index in [4.69, 9.17) is 4.74 Å². The molecule has 6 nitrogen and oxygen atoms in total. The maximum absolute atomic E-state index is 11.8. The summed E-state index contributed by atoms with van der Waals surface area (Å²) in [7, 11) is 1.90. The first-order chi connectivity index (χ1) is 11.4. The third-order valence-electron chi connectivity index (χ3n) is 4.33. The predicted molar refractivity (Wildman–Crippen MR) is 95.7 cm³/mol. The molecule has 0 aromatic carbocycles. The van der Waals surface area contributed by atoms with Crippen molar-refractivity contribution in [3.63, 3.8) is 0 Å². The van der Waals surface area contributed by atoms with E-state index in [1.807, 2.05) is 13.1 Å². The second-order valence-corrected chi connectivity index (χ2v) is 6.93. The number of nitrogens with one attached hydrogen (secondary N) is 3. The Morgan fingerprint density at radius 1 is 1.17 bits per heavy atom. The Bertz CT molecular complexity index is 422. The first-order valence-electron chi connectivity index (χ1n) is 8.93. The summed E-state index contributed by atoms with van der Waals surface area (Å²) in [6, 6.07) is 0. The summed E-state index contributed by atoms with van der Waals surface area (Å²) in [5, 5.41) is 8.58. The van der Waals surface area contributed by atoms with Crippen LogP contribution >= 0.6 is 0 Å². The van der Waals surface area contributed by atoms with Gasteiger partial charge >= 0.3 is 0 Å². The van der Waals surface area contributed by atoms with Crippen LogP contribution in [0.4, 0.5) is 0 Å². The molecule has 0 aromatic rings. The van der Waals surface area contributed by atoms with Crippen LogP contribution in [0.1, 0.15) is 52.4 Å². The van der Waals surface area contributed by atoms with Crippen molar-refractivity contribution in [3.05, 3.63) is 12.2 Å². The number of amides is 2. The van der Waals surface area contributed by atoms with Gasteiger partial charge in [0.05, 0.1) is 12.6 Å². The van der Waals surface area contributed by atoms with E-state index in [0.717, 1.165) is 25.7 Å². The summed E-state index contributed by atoms with van der Waals surface area (Å²) in [6.45, 7) is 4.70. The summed E-state index contributed by atoms with van der Waals surface area (Å²) in [4.78, 5) is 23.5. The van der Waals surface area contributed by atoms with Gasteiger partial charge in [0.2, 0.25) is 11.8 Å². The van der Waals surface area contributed by atoms with E-state index >= 15 is 0 Å². The van der Waals surface area contributed by atoms with Crippen LogP contribution in [-0.4, -0.2) is 50.2 Å². The molecule has 0 aromatic heterocycles. The average Bonchev–Trinajstić information content (AvgIpc) is 2.51. The molecule has 1 atom stereocenters. The highest BCUT2D eigenvalue weighted by atomic mass is 16.5. The highest BCUT2D eigenvalue weighted by Gasteiger charge is 2.15. The van der Waals surface area contributed by atoms with Crippen molar-refractivity contribution in [2.24, 2.45) is 0 Å². The molecule has 1 unspecified atom stereocenters.